The molecule has 0 bridgehead atoms. The molecule has 5 nitrogen and oxygen atoms in total. The fourth-order valence-corrected chi connectivity index (χ4v) is 3.47. The van der Waals surface area contributed by atoms with Crippen molar-refractivity contribution >= 4 is 16.8 Å². The number of piperidine rings is 1. The van der Waals surface area contributed by atoms with E-state index in [9.17, 15) is 4.79 Å². The van der Waals surface area contributed by atoms with E-state index >= 15 is 0 Å². The number of carbonyl (C=O) groups is 1. The Morgan fingerprint density at radius 2 is 2.25 bits per heavy atom. The van der Waals surface area contributed by atoms with Crippen LogP contribution in [0.25, 0.3) is 10.9 Å². The summed E-state index contributed by atoms with van der Waals surface area (Å²) in [6, 6.07) is 5.73. The molecule has 2 N–H and O–H groups in total. The number of likely N-dealkylation sites (tertiary alicyclic amines) is 1. The quantitative estimate of drug-likeness (QED) is 0.823. The lowest BCUT2D eigenvalue weighted by Gasteiger charge is -2.52. The van der Waals surface area contributed by atoms with Gasteiger partial charge >= 0.3 is 0 Å². The van der Waals surface area contributed by atoms with Gasteiger partial charge in [-0.3, -0.25) is 9.89 Å². The third kappa shape index (κ3) is 1.81. The SMILES string of the molecule is O=C(c1ccc2[nH]ncc2c1)N1CC2(CCCNC2)C1. The number of amides is 1. The van der Waals surface area contributed by atoms with Crippen molar-refractivity contribution in [2.75, 3.05) is 26.2 Å². The van der Waals surface area contributed by atoms with Crippen LogP contribution < -0.4 is 5.32 Å². The standard InChI is InChI=1S/C15H18N4O/c20-14(11-2-3-13-12(6-11)7-17-18-13)19-9-15(10-19)4-1-5-16-8-15/h2-3,6-7,16H,1,4-5,8-10H2,(H,17,18). The van der Waals surface area contributed by atoms with Crippen LogP contribution in [0.2, 0.25) is 0 Å². The summed E-state index contributed by atoms with van der Waals surface area (Å²) in [5.74, 6) is 0.143. The molecule has 2 aromatic rings. The van der Waals surface area contributed by atoms with E-state index in [1.165, 1.54) is 12.8 Å². The molecule has 0 unspecified atom stereocenters. The highest BCUT2D eigenvalue weighted by atomic mass is 16.2. The zero-order chi connectivity index (χ0) is 13.6. The van der Waals surface area contributed by atoms with Crippen LogP contribution in [0.15, 0.2) is 24.4 Å². The fraction of sp³-hybridized carbons (Fsp3) is 0.467. The molecule has 2 aliphatic rings. The van der Waals surface area contributed by atoms with Gasteiger partial charge in [0.15, 0.2) is 0 Å². The van der Waals surface area contributed by atoms with Gasteiger partial charge < -0.3 is 10.2 Å². The minimum Gasteiger partial charge on any atom is -0.337 e. The first-order valence-corrected chi connectivity index (χ1v) is 7.19. The topological polar surface area (TPSA) is 61.0 Å². The van der Waals surface area contributed by atoms with Gasteiger partial charge in [0.2, 0.25) is 0 Å². The molecule has 0 atom stereocenters. The van der Waals surface area contributed by atoms with Crippen molar-refractivity contribution in [2.24, 2.45) is 5.41 Å². The second kappa shape index (κ2) is 4.31. The van der Waals surface area contributed by atoms with Gasteiger partial charge in [-0.2, -0.15) is 5.10 Å². The van der Waals surface area contributed by atoms with E-state index in [0.717, 1.165) is 42.6 Å². The van der Waals surface area contributed by atoms with E-state index in [1.807, 2.05) is 23.1 Å². The molecule has 1 amide bonds. The number of fused-ring (bicyclic) bond motifs is 1. The van der Waals surface area contributed by atoms with Crippen LogP contribution in [0.4, 0.5) is 0 Å². The van der Waals surface area contributed by atoms with Crippen LogP contribution in [-0.4, -0.2) is 47.2 Å². The van der Waals surface area contributed by atoms with Gasteiger partial charge in [0, 0.05) is 36.0 Å². The lowest BCUT2D eigenvalue weighted by atomic mass is 9.74. The van der Waals surface area contributed by atoms with Crippen molar-refractivity contribution < 1.29 is 4.79 Å². The number of aromatic amines is 1. The molecule has 2 aliphatic heterocycles. The number of nitrogens with zero attached hydrogens (tertiary/aromatic N) is 2. The van der Waals surface area contributed by atoms with Crippen LogP contribution in [-0.2, 0) is 0 Å². The van der Waals surface area contributed by atoms with Gasteiger partial charge in [0.1, 0.15) is 0 Å². The molecule has 0 aliphatic carbocycles. The maximum absolute atomic E-state index is 12.5. The average molecular weight is 270 g/mol. The van der Waals surface area contributed by atoms with Gasteiger partial charge in [-0.25, -0.2) is 0 Å². The molecule has 2 fully saturated rings. The average Bonchev–Trinajstić information content (AvgIpc) is 2.92. The third-order valence-electron chi connectivity index (χ3n) is 4.59. The summed E-state index contributed by atoms with van der Waals surface area (Å²) in [6.45, 7) is 3.95. The Bertz CT molecular complexity index is 649. The molecular weight excluding hydrogens is 252 g/mol. The molecular formula is C15H18N4O. The van der Waals surface area contributed by atoms with Gasteiger partial charge in [0.05, 0.1) is 11.7 Å². The van der Waals surface area contributed by atoms with Crippen LogP contribution >= 0.6 is 0 Å². The molecule has 3 heterocycles. The van der Waals surface area contributed by atoms with Crippen molar-refractivity contribution in [3.05, 3.63) is 30.0 Å². The molecule has 5 heteroatoms. The lowest BCUT2D eigenvalue weighted by molar-refractivity contribution is -0.00721. The highest BCUT2D eigenvalue weighted by Gasteiger charge is 2.45. The second-order valence-electron chi connectivity index (χ2n) is 6.11. The van der Waals surface area contributed by atoms with E-state index < -0.39 is 0 Å². The smallest absolute Gasteiger partial charge is 0.253 e. The number of benzene rings is 1. The Hall–Kier alpha value is -1.88. The molecule has 0 saturated carbocycles. The predicted molar refractivity (Wildman–Crippen MR) is 76.5 cm³/mol. The van der Waals surface area contributed by atoms with Crippen LogP contribution in [0.1, 0.15) is 23.2 Å². The normalized spacial score (nSPS) is 21.1. The number of nitrogens with one attached hydrogen (secondary N) is 2. The van der Waals surface area contributed by atoms with Crippen molar-refractivity contribution in [3.8, 4) is 0 Å². The van der Waals surface area contributed by atoms with E-state index in [4.69, 9.17) is 0 Å². The Labute approximate surface area is 117 Å². The Morgan fingerprint density at radius 3 is 3.05 bits per heavy atom. The summed E-state index contributed by atoms with van der Waals surface area (Å²) >= 11 is 0. The molecule has 1 aromatic heterocycles. The monoisotopic (exact) mass is 270 g/mol. The molecule has 104 valence electrons. The Balaban J connectivity index is 1.50. The molecule has 20 heavy (non-hydrogen) atoms. The molecule has 0 radical (unpaired) electrons. The number of H-pyrrole nitrogens is 1. The summed E-state index contributed by atoms with van der Waals surface area (Å²) in [5.41, 5.74) is 2.07. The van der Waals surface area contributed by atoms with Crippen LogP contribution in [0.3, 0.4) is 0 Å². The van der Waals surface area contributed by atoms with Crippen LogP contribution in [0.5, 0.6) is 0 Å². The molecule has 1 spiro atoms. The number of hydrogen-bond donors (Lipinski definition) is 2. The van der Waals surface area contributed by atoms with Crippen molar-refractivity contribution in [1.29, 1.82) is 0 Å². The predicted octanol–water partition coefficient (Wildman–Crippen LogP) is 1.39. The van der Waals surface area contributed by atoms with Gasteiger partial charge in [0.25, 0.3) is 5.91 Å². The maximum atomic E-state index is 12.5. The summed E-state index contributed by atoms with van der Waals surface area (Å²) in [7, 11) is 0. The van der Waals surface area contributed by atoms with Gasteiger partial charge in [-0.1, -0.05) is 0 Å². The summed E-state index contributed by atoms with van der Waals surface area (Å²) < 4.78 is 0. The zero-order valence-electron chi connectivity index (χ0n) is 11.4. The molecule has 2 saturated heterocycles. The first-order valence-electron chi connectivity index (χ1n) is 7.19. The third-order valence-corrected chi connectivity index (χ3v) is 4.59. The van der Waals surface area contributed by atoms with Crippen LogP contribution in [0, 0.1) is 5.41 Å². The largest absolute Gasteiger partial charge is 0.337 e. The van der Waals surface area contributed by atoms with Gasteiger partial charge in [-0.05, 0) is 37.6 Å². The second-order valence-corrected chi connectivity index (χ2v) is 6.11. The molecule has 1 aromatic carbocycles. The number of rotatable bonds is 1. The summed E-state index contributed by atoms with van der Waals surface area (Å²) in [4.78, 5) is 14.5. The highest BCUT2D eigenvalue weighted by Crippen LogP contribution is 2.37. The van der Waals surface area contributed by atoms with E-state index in [0.29, 0.717) is 5.41 Å². The highest BCUT2D eigenvalue weighted by molar-refractivity contribution is 5.98. The minimum absolute atomic E-state index is 0.143. The first-order chi connectivity index (χ1) is 9.76. The van der Waals surface area contributed by atoms with E-state index in [-0.39, 0.29) is 5.91 Å². The Morgan fingerprint density at radius 1 is 1.35 bits per heavy atom. The Kier molecular flexibility index (Phi) is 2.57. The number of hydrogen-bond acceptors (Lipinski definition) is 3. The van der Waals surface area contributed by atoms with E-state index in [1.54, 1.807) is 6.20 Å². The number of carbonyl (C=O) groups excluding carboxylic acids is 1. The minimum atomic E-state index is 0.143. The zero-order valence-corrected chi connectivity index (χ0v) is 11.4. The summed E-state index contributed by atoms with van der Waals surface area (Å²) in [5, 5.41) is 11.3. The number of aromatic nitrogens is 2. The van der Waals surface area contributed by atoms with Crippen molar-refractivity contribution in [3.63, 3.8) is 0 Å². The lowest BCUT2D eigenvalue weighted by Crippen LogP contribution is -2.63. The summed E-state index contributed by atoms with van der Waals surface area (Å²) in [6.07, 6.45) is 4.22. The fourth-order valence-electron chi connectivity index (χ4n) is 3.47. The van der Waals surface area contributed by atoms with E-state index in [2.05, 4.69) is 15.5 Å². The first kappa shape index (κ1) is 11.9. The van der Waals surface area contributed by atoms with Gasteiger partial charge in [-0.15, -0.1) is 0 Å². The van der Waals surface area contributed by atoms with Crippen molar-refractivity contribution in [2.45, 2.75) is 12.8 Å². The van der Waals surface area contributed by atoms with Crippen molar-refractivity contribution in [1.82, 2.24) is 20.4 Å². The maximum Gasteiger partial charge on any atom is 0.253 e. The molecule has 4 rings (SSSR count).